The minimum absolute atomic E-state index is 0.0629. The Morgan fingerprint density at radius 1 is 1.32 bits per heavy atom. The molecule has 4 fully saturated rings. The molecule has 3 heteroatoms. The average molecular weight is 258 g/mol. The molecule has 4 aliphatic carbocycles. The zero-order valence-corrected chi connectivity index (χ0v) is 11.9. The van der Waals surface area contributed by atoms with E-state index in [-0.39, 0.29) is 5.41 Å². The highest BCUT2D eigenvalue weighted by atomic mass is 16.1. The van der Waals surface area contributed by atoms with Crippen molar-refractivity contribution in [3.8, 4) is 0 Å². The zero-order chi connectivity index (χ0) is 13.3. The quantitative estimate of drug-likeness (QED) is 0.763. The Balaban J connectivity index is 1.74. The molecule has 0 N–H and O–H groups in total. The highest BCUT2D eigenvalue weighted by Crippen LogP contribution is 2.65. The Hall–Kier alpha value is -1.12. The molecule has 0 saturated heterocycles. The summed E-state index contributed by atoms with van der Waals surface area (Å²) in [4.78, 5) is 13.1. The lowest BCUT2D eigenvalue weighted by Crippen LogP contribution is -2.54. The molecule has 2 unspecified atom stereocenters. The average Bonchev–Trinajstić information content (AvgIpc) is 2.71. The lowest BCUT2D eigenvalue weighted by molar-refractivity contribution is -0.0823. The molecule has 4 bridgehead atoms. The van der Waals surface area contributed by atoms with Gasteiger partial charge < -0.3 is 0 Å². The molecule has 0 spiro atoms. The molecule has 102 valence electrons. The molecular weight excluding hydrogens is 236 g/mol. The van der Waals surface area contributed by atoms with Crippen LogP contribution >= 0.6 is 0 Å². The van der Waals surface area contributed by atoms with E-state index in [1.807, 2.05) is 13.1 Å². The first-order chi connectivity index (χ1) is 9.00. The van der Waals surface area contributed by atoms with Crippen molar-refractivity contribution in [3.63, 3.8) is 0 Å². The Labute approximate surface area is 114 Å². The molecule has 1 aromatic heterocycles. The summed E-state index contributed by atoms with van der Waals surface area (Å²) in [7, 11) is 1.88. The number of aromatic nitrogens is 2. The van der Waals surface area contributed by atoms with E-state index in [4.69, 9.17) is 0 Å². The van der Waals surface area contributed by atoms with Gasteiger partial charge in [0.1, 0.15) is 5.69 Å². The minimum Gasteiger partial charge on any atom is -0.292 e. The van der Waals surface area contributed by atoms with Crippen molar-refractivity contribution in [2.45, 2.75) is 45.4 Å². The fourth-order valence-electron chi connectivity index (χ4n) is 5.85. The van der Waals surface area contributed by atoms with Gasteiger partial charge in [-0.25, -0.2) is 0 Å². The summed E-state index contributed by atoms with van der Waals surface area (Å²) in [6.45, 7) is 2.41. The largest absolute Gasteiger partial charge is 0.292 e. The van der Waals surface area contributed by atoms with Crippen molar-refractivity contribution in [2.75, 3.05) is 0 Å². The lowest BCUT2D eigenvalue weighted by Gasteiger charge is -2.60. The van der Waals surface area contributed by atoms with Crippen LogP contribution in [0.25, 0.3) is 0 Å². The second kappa shape index (κ2) is 3.50. The molecule has 4 saturated carbocycles. The Morgan fingerprint density at radius 2 is 2.00 bits per heavy atom. The van der Waals surface area contributed by atoms with Crippen LogP contribution in [0.4, 0.5) is 0 Å². The molecule has 2 atom stereocenters. The molecular formula is C16H22N2O. The number of rotatable bonds is 2. The van der Waals surface area contributed by atoms with Gasteiger partial charge in [-0.2, -0.15) is 5.10 Å². The van der Waals surface area contributed by atoms with E-state index >= 15 is 0 Å². The van der Waals surface area contributed by atoms with E-state index < -0.39 is 0 Å². The van der Waals surface area contributed by atoms with Crippen LogP contribution in [0, 0.1) is 22.7 Å². The number of hydrogen-bond donors (Lipinski definition) is 0. The van der Waals surface area contributed by atoms with Crippen LogP contribution in [0.3, 0.4) is 0 Å². The number of Topliss-reactive ketones (excluding diaryl/α,β-unsaturated/α-hetero) is 1. The molecule has 19 heavy (non-hydrogen) atoms. The fraction of sp³-hybridized carbons (Fsp3) is 0.750. The maximum atomic E-state index is 13.1. The highest BCUT2D eigenvalue weighted by molar-refractivity contribution is 5.99. The second-order valence-electron chi connectivity index (χ2n) is 7.72. The third-order valence-corrected chi connectivity index (χ3v) is 5.89. The summed E-state index contributed by atoms with van der Waals surface area (Å²) >= 11 is 0. The van der Waals surface area contributed by atoms with Gasteiger partial charge in [0.05, 0.1) is 0 Å². The molecule has 0 radical (unpaired) electrons. The summed E-state index contributed by atoms with van der Waals surface area (Å²) in [5, 5.41) is 4.18. The van der Waals surface area contributed by atoms with Crippen molar-refractivity contribution >= 4 is 5.78 Å². The molecule has 4 aliphatic rings. The van der Waals surface area contributed by atoms with E-state index in [2.05, 4.69) is 12.0 Å². The van der Waals surface area contributed by atoms with E-state index in [9.17, 15) is 4.79 Å². The first-order valence-corrected chi connectivity index (χ1v) is 7.53. The molecule has 0 amide bonds. The Kier molecular flexibility index (Phi) is 2.15. The summed E-state index contributed by atoms with van der Waals surface area (Å²) in [5.41, 5.74) is 1.18. The Bertz CT molecular complexity index is 531. The highest BCUT2D eigenvalue weighted by Gasteiger charge is 2.59. The smallest absolute Gasteiger partial charge is 0.186 e. The van der Waals surface area contributed by atoms with Crippen molar-refractivity contribution in [3.05, 3.63) is 18.0 Å². The lowest BCUT2D eigenvalue weighted by atomic mass is 9.43. The van der Waals surface area contributed by atoms with Crippen LogP contribution in [0.1, 0.15) is 55.9 Å². The van der Waals surface area contributed by atoms with Gasteiger partial charge >= 0.3 is 0 Å². The van der Waals surface area contributed by atoms with E-state index in [1.54, 1.807) is 10.9 Å². The van der Waals surface area contributed by atoms with Crippen molar-refractivity contribution in [1.29, 1.82) is 0 Å². The molecule has 5 rings (SSSR count). The summed E-state index contributed by atoms with van der Waals surface area (Å²) in [5.74, 6) is 1.96. The van der Waals surface area contributed by atoms with Crippen LogP contribution in [-0.4, -0.2) is 15.6 Å². The molecule has 0 aromatic carbocycles. The molecule has 1 heterocycles. The predicted molar refractivity (Wildman–Crippen MR) is 72.8 cm³/mol. The van der Waals surface area contributed by atoms with Gasteiger partial charge in [0, 0.05) is 18.7 Å². The van der Waals surface area contributed by atoms with Crippen LogP contribution in [0.2, 0.25) is 0 Å². The van der Waals surface area contributed by atoms with Crippen LogP contribution in [0.15, 0.2) is 12.3 Å². The standard InChI is InChI=1S/C16H22N2O/c1-15-6-11-5-12(7-15)9-16(8-11,10-15)14(19)13-3-4-17-18(13)2/h3-4,11-12H,5-10H2,1-2H3. The zero-order valence-electron chi connectivity index (χ0n) is 11.9. The number of aryl methyl sites for hydroxylation is 1. The topological polar surface area (TPSA) is 34.9 Å². The van der Waals surface area contributed by atoms with E-state index in [0.717, 1.165) is 36.8 Å². The van der Waals surface area contributed by atoms with Crippen LogP contribution in [0.5, 0.6) is 0 Å². The third-order valence-electron chi connectivity index (χ3n) is 5.89. The van der Waals surface area contributed by atoms with Gasteiger partial charge in [0.2, 0.25) is 0 Å². The van der Waals surface area contributed by atoms with E-state index in [0.29, 0.717) is 11.2 Å². The van der Waals surface area contributed by atoms with Gasteiger partial charge in [-0.3, -0.25) is 9.48 Å². The third kappa shape index (κ3) is 1.56. The number of ketones is 1. The van der Waals surface area contributed by atoms with Crippen molar-refractivity contribution in [2.24, 2.45) is 29.7 Å². The van der Waals surface area contributed by atoms with Crippen molar-refractivity contribution in [1.82, 2.24) is 9.78 Å². The minimum atomic E-state index is -0.0629. The number of carbonyl (C=O) groups is 1. The predicted octanol–water partition coefficient (Wildman–Crippen LogP) is 3.21. The summed E-state index contributed by atoms with van der Waals surface area (Å²) in [6, 6.07) is 1.89. The van der Waals surface area contributed by atoms with Crippen molar-refractivity contribution < 1.29 is 4.79 Å². The maximum absolute atomic E-state index is 13.1. The molecule has 0 aliphatic heterocycles. The second-order valence-corrected chi connectivity index (χ2v) is 7.72. The normalized spacial score (nSPS) is 43.7. The summed E-state index contributed by atoms with van der Waals surface area (Å²) in [6.07, 6.45) is 9.18. The monoisotopic (exact) mass is 258 g/mol. The van der Waals surface area contributed by atoms with Gasteiger partial charge in [0.25, 0.3) is 0 Å². The first kappa shape index (κ1) is 11.7. The van der Waals surface area contributed by atoms with E-state index in [1.165, 1.54) is 19.3 Å². The Morgan fingerprint density at radius 3 is 2.53 bits per heavy atom. The van der Waals surface area contributed by atoms with Gasteiger partial charge in [-0.1, -0.05) is 6.92 Å². The summed E-state index contributed by atoms with van der Waals surface area (Å²) < 4.78 is 1.75. The van der Waals surface area contributed by atoms with Gasteiger partial charge in [0.15, 0.2) is 5.78 Å². The number of nitrogens with zero attached hydrogens (tertiary/aromatic N) is 2. The van der Waals surface area contributed by atoms with Gasteiger partial charge in [-0.15, -0.1) is 0 Å². The molecule has 3 nitrogen and oxygen atoms in total. The SMILES string of the molecule is Cn1nccc1C(=O)C12CC3CC(CC(C)(C3)C1)C2. The first-order valence-electron chi connectivity index (χ1n) is 7.53. The molecule has 1 aromatic rings. The fourth-order valence-corrected chi connectivity index (χ4v) is 5.85. The maximum Gasteiger partial charge on any atom is 0.186 e. The van der Waals surface area contributed by atoms with Crippen LogP contribution in [-0.2, 0) is 7.05 Å². The van der Waals surface area contributed by atoms with Crippen LogP contribution < -0.4 is 0 Å². The van der Waals surface area contributed by atoms with Gasteiger partial charge in [-0.05, 0) is 61.8 Å². The number of hydrogen-bond acceptors (Lipinski definition) is 2. The number of carbonyl (C=O) groups excluding carboxylic acids is 1.